The molecule has 0 aliphatic heterocycles. The molecule has 0 heterocycles. The van der Waals surface area contributed by atoms with Crippen molar-refractivity contribution in [1.29, 1.82) is 0 Å². The third-order valence-electron chi connectivity index (χ3n) is 4.83. The van der Waals surface area contributed by atoms with Gasteiger partial charge in [-0.25, -0.2) is 4.57 Å². The minimum Gasteiger partial charge on any atom is -0.319 e. The summed E-state index contributed by atoms with van der Waals surface area (Å²) in [7, 11) is -2.62. The molecule has 0 amide bonds. The highest BCUT2D eigenvalue weighted by molar-refractivity contribution is 7.45. The van der Waals surface area contributed by atoms with E-state index < -0.39 is 7.82 Å². The van der Waals surface area contributed by atoms with Crippen LogP contribution in [0.25, 0.3) is 5.57 Å². The molecule has 26 heavy (non-hydrogen) atoms. The van der Waals surface area contributed by atoms with Crippen molar-refractivity contribution in [3.63, 3.8) is 0 Å². The van der Waals surface area contributed by atoms with Crippen LogP contribution < -0.4 is 5.32 Å². The monoisotopic (exact) mass is 373 g/mol. The van der Waals surface area contributed by atoms with Gasteiger partial charge in [0.25, 0.3) is 0 Å². The summed E-state index contributed by atoms with van der Waals surface area (Å²) < 4.78 is 8.88. The lowest BCUT2D eigenvalue weighted by Gasteiger charge is -2.13. The fourth-order valence-corrected chi connectivity index (χ4v) is 3.74. The van der Waals surface area contributed by atoms with E-state index in [-0.39, 0.29) is 0 Å². The van der Waals surface area contributed by atoms with Crippen LogP contribution in [0.4, 0.5) is 0 Å². The SMILES string of the molecule is CNCCC=C1c2ccccc2[C@H]2C[C@H]2c2ccccc21.O=P(O)(O)O. The van der Waals surface area contributed by atoms with Crippen molar-refractivity contribution in [2.75, 3.05) is 13.6 Å². The van der Waals surface area contributed by atoms with Crippen LogP contribution in [0.1, 0.15) is 46.9 Å². The average molecular weight is 373 g/mol. The summed E-state index contributed by atoms with van der Waals surface area (Å²) in [6, 6.07) is 18.0. The quantitative estimate of drug-likeness (QED) is 0.489. The number of fused-ring (bicyclic) bond motifs is 5. The summed E-state index contributed by atoms with van der Waals surface area (Å²) in [5, 5.41) is 3.24. The second-order valence-electron chi connectivity index (χ2n) is 6.65. The smallest absolute Gasteiger partial charge is 0.319 e. The molecule has 2 aliphatic carbocycles. The van der Waals surface area contributed by atoms with Crippen LogP contribution in [0, 0.1) is 0 Å². The van der Waals surface area contributed by atoms with Gasteiger partial charge in [0, 0.05) is 0 Å². The van der Waals surface area contributed by atoms with Crippen molar-refractivity contribution in [3.05, 3.63) is 76.9 Å². The lowest BCUT2D eigenvalue weighted by atomic mass is 9.91. The lowest BCUT2D eigenvalue weighted by molar-refractivity contribution is 0.275. The minimum absolute atomic E-state index is 0.734. The van der Waals surface area contributed by atoms with Crippen LogP contribution in [0.2, 0.25) is 0 Å². The first-order valence-electron chi connectivity index (χ1n) is 8.71. The van der Waals surface area contributed by atoms with E-state index in [1.165, 1.54) is 23.1 Å². The molecular weight excluding hydrogens is 349 g/mol. The van der Waals surface area contributed by atoms with E-state index in [0.717, 1.165) is 24.8 Å². The van der Waals surface area contributed by atoms with Crippen molar-refractivity contribution in [1.82, 2.24) is 5.32 Å². The second-order valence-corrected chi connectivity index (χ2v) is 7.67. The van der Waals surface area contributed by atoms with Gasteiger partial charge in [-0.1, -0.05) is 54.6 Å². The Morgan fingerprint density at radius 2 is 1.46 bits per heavy atom. The maximum Gasteiger partial charge on any atom is 0.466 e. The van der Waals surface area contributed by atoms with Crippen LogP contribution in [-0.4, -0.2) is 28.3 Å². The highest BCUT2D eigenvalue weighted by Gasteiger charge is 2.44. The van der Waals surface area contributed by atoms with E-state index in [1.807, 2.05) is 7.05 Å². The Morgan fingerprint density at radius 3 is 1.92 bits per heavy atom. The molecule has 2 aromatic rings. The van der Waals surface area contributed by atoms with E-state index in [4.69, 9.17) is 19.2 Å². The van der Waals surface area contributed by atoms with Gasteiger partial charge in [0.15, 0.2) is 0 Å². The molecule has 0 radical (unpaired) electrons. The van der Waals surface area contributed by atoms with Gasteiger partial charge in [-0.15, -0.1) is 0 Å². The topological polar surface area (TPSA) is 89.8 Å². The van der Waals surface area contributed by atoms with Crippen LogP contribution in [-0.2, 0) is 4.57 Å². The molecule has 0 bridgehead atoms. The Labute approximate surface area is 153 Å². The summed E-state index contributed by atoms with van der Waals surface area (Å²) >= 11 is 0. The predicted octanol–water partition coefficient (Wildman–Crippen LogP) is 3.38. The zero-order chi connectivity index (χ0) is 18.7. The largest absolute Gasteiger partial charge is 0.466 e. The van der Waals surface area contributed by atoms with Gasteiger partial charge in [0.05, 0.1) is 0 Å². The summed E-state index contributed by atoms with van der Waals surface area (Å²) in [5.41, 5.74) is 7.43. The van der Waals surface area contributed by atoms with E-state index in [1.54, 1.807) is 11.1 Å². The second kappa shape index (κ2) is 7.87. The van der Waals surface area contributed by atoms with Gasteiger partial charge >= 0.3 is 7.82 Å². The zero-order valence-corrected chi connectivity index (χ0v) is 15.6. The molecule has 0 aromatic heterocycles. The number of hydrogen-bond donors (Lipinski definition) is 4. The van der Waals surface area contributed by atoms with Crippen LogP contribution in [0.3, 0.4) is 0 Å². The first kappa shape index (κ1) is 19.0. The molecule has 4 rings (SSSR count). The molecule has 6 heteroatoms. The molecule has 2 aromatic carbocycles. The van der Waals surface area contributed by atoms with Gasteiger partial charge < -0.3 is 20.0 Å². The molecule has 2 aliphatic rings. The molecule has 1 saturated carbocycles. The lowest BCUT2D eigenvalue weighted by Crippen LogP contribution is -2.06. The van der Waals surface area contributed by atoms with Crippen LogP contribution >= 0.6 is 7.82 Å². The van der Waals surface area contributed by atoms with Gasteiger partial charge in [-0.05, 0) is 66.1 Å². The number of benzene rings is 2. The van der Waals surface area contributed by atoms with E-state index in [2.05, 4.69) is 59.9 Å². The van der Waals surface area contributed by atoms with Crippen molar-refractivity contribution in [2.45, 2.75) is 24.7 Å². The third-order valence-corrected chi connectivity index (χ3v) is 4.83. The molecule has 5 nitrogen and oxygen atoms in total. The standard InChI is InChI=1S/C20H21N.H3O4P/c1-21-12-6-11-16-14-7-2-4-9-17(14)19-13-20(19)18-10-5-3-8-15(16)18;1-5(2,3)4/h2-5,7-11,19-21H,6,12-13H2,1H3;(H3,1,2,3,4)/t19-,20+;. The normalized spacial score (nSPS) is 21.6. The average Bonchev–Trinajstić information content (AvgIpc) is 3.38. The highest BCUT2D eigenvalue weighted by Crippen LogP contribution is 2.59. The number of rotatable bonds is 3. The summed E-state index contributed by atoms with van der Waals surface area (Å²) in [6.45, 7) is 1.03. The maximum atomic E-state index is 8.88. The molecule has 0 unspecified atom stereocenters. The zero-order valence-electron chi connectivity index (χ0n) is 14.7. The summed E-state index contributed by atoms with van der Waals surface area (Å²) in [6.07, 6.45) is 4.81. The predicted molar refractivity (Wildman–Crippen MR) is 103 cm³/mol. The van der Waals surface area contributed by atoms with Gasteiger partial charge in [-0.2, -0.15) is 0 Å². The molecule has 4 N–H and O–H groups in total. The third kappa shape index (κ3) is 4.50. The van der Waals surface area contributed by atoms with Crippen LogP contribution in [0.5, 0.6) is 0 Å². The van der Waals surface area contributed by atoms with Crippen molar-refractivity contribution in [2.24, 2.45) is 0 Å². The Balaban J connectivity index is 0.000000349. The highest BCUT2D eigenvalue weighted by atomic mass is 31.2. The van der Waals surface area contributed by atoms with Crippen molar-refractivity contribution < 1.29 is 19.2 Å². The Hall–Kier alpha value is -1.75. The molecular formula is C20H24NO4P. The van der Waals surface area contributed by atoms with Gasteiger partial charge in [0.2, 0.25) is 0 Å². The van der Waals surface area contributed by atoms with E-state index >= 15 is 0 Å². The molecule has 138 valence electrons. The first-order chi connectivity index (χ1) is 12.4. The Morgan fingerprint density at radius 1 is 1.00 bits per heavy atom. The van der Waals surface area contributed by atoms with Crippen molar-refractivity contribution >= 4 is 13.4 Å². The van der Waals surface area contributed by atoms with E-state index in [9.17, 15) is 0 Å². The van der Waals surface area contributed by atoms with E-state index in [0.29, 0.717) is 0 Å². The maximum absolute atomic E-state index is 8.88. The van der Waals surface area contributed by atoms with Crippen LogP contribution in [0.15, 0.2) is 54.6 Å². The Kier molecular flexibility index (Phi) is 5.76. The molecule has 0 saturated heterocycles. The first-order valence-corrected chi connectivity index (χ1v) is 10.3. The molecule has 2 atom stereocenters. The number of hydrogen-bond acceptors (Lipinski definition) is 2. The van der Waals surface area contributed by atoms with Gasteiger partial charge in [-0.3, -0.25) is 0 Å². The fourth-order valence-electron chi connectivity index (χ4n) is 3.74. The van der Waals surface area contributed by atoms with Crippen molar-refractivity contribution in [3.8, 4) is 0 Å². The minimum atomic E-state index is -4.64. The molecule has 0 spiro atoms. The summed E-state index contributed by atoms with van der Waals surface area (Å²) in [5.74, 6) is 1.47. The summed E-state index contributed by atoms with van der Waals surface area (Å²) in [4.78, 5) is 21.6. The number of nitrogens with one attached hydrogen (secondary N) is 1. The van der Waals surface area contributed by atoms with Gasteiger partial charge in [0.1, 0.15) is 0 Å². The number of phosphoric acid groups is 1. The molecule has 1 fully saturated rings. The fraction of sp³-hybridized carbons (Fsp3) is 0.300. The Bertz CT molecular complexity index is 797.